The van der Waals surface area contributed by atoms with Crippen LogP contribution in [0.15, 0.2) is 18.2 Å². The minimum atomic E-state index is -0.0901. The summed E-state index contributed by atoms with van der Waals surface area (Å²) in [5.74, 6) is -0.0757. The van der Waals surface area contributed by atoms with Crippen LogP contribution in [0.3, 0.4) is 0 Å². The molecule has 0 radical (unpaired) electrons. The SMILES string of the molecule is CCNC(=O)c1c(C)[nH]c(/C=C2\C(=O)N(CCCN(C)C)c3ccc(C)cc32)c1C. The molecule has 1 aliphatic heterocycles. The van der Waals surface area contributed by atoms with E-state index in [1.165, 1.54) is 0 Å². The Bertz CT molecular complexity index is 1000. The monoisotopic (exact) mass is 408 g/mol. The standard InChI is InChI=1S/C24H32N4O2/c1-7-25-23(29)22-16(3)20(26-17(22)4)14-19-18-13-15(2)9-10-21(18)28(24(19)30)12-8-11-27(5)6/h9-10,13-14,26H,7-8,11-12H2,1-6H3,(H,25,29)/b19-14-. The molecular formula is C24H32N4O2. The van der Waals surface area contributed by atoms with Gasteiger partial charge in [-0.05, 0) is 78.5 Å². The lowest BCUT2D eigenvalue weighted by molar-refractivity contribution is -0.113. The van der Waals surface area contributed by atoms with Crippen molar-refractivity contribution in [3.63, 3.8) is 0 Å². The van der Waals surface area contributed by atoms with Gasteiger partial charge in [0.15, 0.2) is 0 Å². The number of nitrogens with zero attached hydrogens (tertiary/aromatic N) is 2. The van der Waals surface area contributed by atoms with Gasteiger partial charge in [0.2, 0.25) is 0 Å². The van der Waals surface area contributed by atoms with E-state index in [0.29, 0.717) is 24.2 Å². The highest BCUT2D eigenvalue weighted by atomic mass is 16.2. The molecule has 0 saturated heterocycles. The van der Waals surface area contributed by atoms with Gasteiger partial charge < -0.3 is 20.1 Å². The van der Waals surface area contributed by atoms with Crippen molar-refractivity contribution < 1.29 is 9.59 Å². The molecule has 0 unspecified atom stereocenters. The molecule has 0 atom stereocenters. The number of carbonyl (C=O) groups excluding carboxylic acids is 2. The number of benzene rings is 1. The molecule has 0 saturated carbocycles. The molecule has 6 heteroatoms. The number of hydrogen-bond donors (Lipinski definition) is 2. The lowest BCUT2D eigenvalue weighted by Gasteiger charge is -2.18. The van der Waals surface area contributed by atoms with Crippen molar-refractivity contribution in [3.8, 4) is 0 Å². The summed E-state index contributed by atoms with van der Waals surface area (Å²) in [7, 11) is 4.08. The number of carbonyl (C=O) groups is 2. The fourth-order valence-corrected chi connectivity index (χ4v) is 4.03. The number of nitrogens with one attached hydrogen (secondary N) is 2. The second-order valence-electron chi connectivity index (χ2n) is 8.22. The number of amides is 2. The summed E-state index contributed by atoms with van der Waals surface area (Å²) in [6, 6.07) is 6.15. The van der Waals surface area contributed by atoms with Crippen LogP contribution in [-0.2, 0) is 4.79 Å². The van der Waals surface area contributed by atoms with Crippen molar-refractivity contribution in [2.75, 3.05) is 38.6 Å². The van der Waals surface area contributed by atoms with Crippen LogP contribution in [0.1, 0.15) is 51.8 Å². The number of aromatic amines is 1. The Morgan fingerprint density at radius 2 is 1.97 bits per heavy atom. The Morgan fingerprint density at radius 3 is 2.63 bits per heavy atom. The Hall–Kier alpha value is -2.86. The van der Waals surface area contributed by atoms with Gasteiger partial charge in [-0.25, -0.2) is 0 Å². The van der Waals surface area contributed by atoms with E-state index in [-0.39, 0.29) is 11.8 Å². The van der Waals surface area contributed by atoms with E-state index in [9.17, 15) is 9.59 Å². The number of aromatic nitrogens is 1. The van der Waals surface area contributed by atoms with Crippen molar-refractivity contribution in [1.29, 1.82) is 0 Å². The topological polar surface area (TPSA) is 68.4 Å². The smallest absolute Gasteiger partial charge is 0.259 e. The molecule has 0 bridgehead atoms. The first-order valence-electron chi connectivity index (χ1n) is 10.5. The second-order valence-corrected chi connectivity index (χ2v) is 8.22. The molecular weight excluding hydrogens is 376 g/mol. The lowest BCUT2D eigenvalue weighted by atomic mass is 10.0. The van der Waals surface area contributed by atoms with Crippen molar-refractivity contribution in [2.45, 2.75) is 34.1 Å². The van der Waals surface area contributed by atoms with Gasteiger partial charge >= 0.3 is 0 Å². The number of fused-ring (bicyclic) bond motifs is 1. The highest BCUT2D eigenvalue weighted by molar-refractivity contribution is 6.35. The van der Waals surface area contributed by atoms with E-state index in [1.807, 2.05) is 64.9 Å². The van der Waals surface area contributed by atoms with Gasteiger partial charge in [-0.15, -0.1) is 0 Å². The zero-order valence-electron chi connectivity index (χ0n) is 18.8. The Kier molecular flexibility index (Phi) is 6.46. The second kappa shape index (κ2) is 8.88. The molecule has 0 fully saturated rings. The molecule has 0 aliphatic carbocycles. The van der Waals surface area contributed by atoms with Crippen molar-refractivity contribution in [3.05, 3.63) is 51.8 Å². The third-order valence-corrected chi connectivity index (χ3v) is 5.52. The normalized spacial score (nSPS) is 14.7. The average Bonchev–Trinajstić information content (AvgIpc) is 3.09. The number of aryl methyl sites for hydroxylation is 2. The third-order valence-electron chi connectivity index (χ3n) is 5.52. The predicted octanol–water partition coefficient (Wildman–Crippen LogP) is 3.53. The van der Waals surface area contributed by atoms with Crippen LogP contribution >= 0.6 is 0 Å². The molecule has 1 aliphatic rings. The summed E-state index contributed by atoms with van der Waals surface area (Å²) >= 11 is 0. The highest BCUT2D eigenvalue weighted by Gasteiger charge is 2.32. The first-order chi connectivity index (χ1) is 14.2. The van der Waals surface area contributed by atoms with Gasteiger partial charge in [-0.2, -0.15) is 0 Å². The summed E-state index contributed by atoms with van der Waals surface area (Å²) in [5, 5.41) is 2.86. The van der Waals surface area contributed by atoms with Gasteiger partial charge in [-0.3, -0.25) is 9.59 Å². The van der Waals surface area contributed by atoms with Crippen LogP contribution in [-0.4, -0.2) is 55.4 Å². The predicted molar refractivity (Wildman–Crippen MR) is 123 cm³/mol. The Balaban J connectivity index is 2.01. The molecule has 1 aromatic heterocycles. The number of hydrogen-bond acceptors (Lipinski definition) is 3. The van der Waals surface area contributed by atoms with Crippen LogP contribution in [0.5, 0.6) is 0 Å². The third kappa shape index (κ3) is 4.19. The average molecular weight is 409 g/mol. The molecule has 30 heavy (non-hydrogen) atoms. The zero-order chi connectivity index (χ0) is 22.0. The molecule has 2 N–H and O–H groups in total. The maximum absolute atomic E-state index is 13.3. The summed E-state index contributed by atoms with van der Waals surface area (Å²) in [6.45, 7) is 9.93. The van der Waals surface area contributed by atoms with Gasteiger partial charge in [0.05, 0.1) is 16.8 Å². The van der Waals surface area contributed by atoms with Crippen LogP contribution in [0, 0.1) is 20.8 Å². The number of rotatable bonds is 7. The number of anilines is 1. The van der Waals surface area contributed by atoms with Gasteiger partial charge in [-0.1, -0.05) is 11.6 Å². The maximum Gasteiger partial charge on any atom is 0.259 e. The van der Waals surface area contributed by atoms with Gasteiger partial charge in [0.1, 0.15) is 0 Å². The van der Waals surface area contributed by atoms with Crippen molar-refractivity contribution >= 4 is 29.2 Å². The molecule has 0 spiro atoms. The van der Waals surface area contributed by atoms with Crippen LogP contribution in [0.2, 0.25) is 0 Å². The van der Waals surface area contributed by atoms with Crippen molar-refractivity contribution in [2.24, 2.45) is 0 Å². The van der Waals surface area contributed by atoms with Crippen LogP contribution in [0.4, 0.5) is 5.69 Å². The first-order valence-corrected chi connectivity index (χ1v) is 10.5. The lowest BCUT2D eigenvalue weighted by Crippen LogP contribution is -2.29. The fourth-order valence-electron chi connectivity index (χ4n) is 4.03. The minimum Gasteiger partial charge on any atom is -0.358 e. The number of H-pyrrole nitrogens is 1. The molecule has 2 aromatic rings. The molecule has 1 aromatic carbocycles. The van der Waals surface area contributed by atoms with Crippen LogP contribution < -0.4 is 10.2 Å². The molecule has 3 rings (SSSR count). The molecule has 160 valence electrons. The van der Waals surface area contributed by atoms with E-state index >= 15 is 0 Å². The largest absolute Gasteiger partial charge is 0.358 e. The fraction of sp³-hybridized carbons (Fsp3) is 0.417. The van der Waals surface area contributed by atoms with Crippen LogP contribution in [0.25, 0.3) is 11.6 Å². The highest BCUT2D eigenvalue weighted by Crippen LogP contribution is 2.39. The first kappa shape index (κ1) is 21.8. The molecule has 2 amide bonds. The van der Waals surface area contributed by atoms with E-state index < -0.39 is 0 Å². The van der Waals surface area contributed by atoms with E-state index in [2.05, 4.69) is 21.3 Å². The summed E-state index contributed by atoms with van der Waals surface area (Å²) in [5.41, 5.74) is 6.83. The molecule has 6 nitrogen and oxygen atoms in total. The Morgan fingerprint density at radius 1 is 1.23 bits per heavy atom. The van der Waals surface area contributed by atoms with E-state index in [0.717, 1.165) is 46.7 Å². The summed E-state index contributed by atoms with van der Waals surface area (Å²) in [6.07, 6.45) is 2.80. The molecule has 2 heterocycles. The maximum atomic E-state index is 13.3. The Labute approximate surface area is 179 Å². The van der Waals surface area contributed by atoms with E-state index in [4.69, 9.17) is 0 Å². The minimum absolute atomic E-state index is 0.0144. The van der Waals surface area contributed by atoms with E-state index in [1.54, 1.807) is 0 Å². The summed E-state index contributed by atoms with van der Waals surface area (Å²) < 4.78 is 0. The zero-order valence-corrected chi connectivity index (χ0v) is 18.8. The van der Waals surface area contributed by atoms with Gasteiger partial charge in [0, 0.05) is 30.0 Å². The quantitative estimate of drug-likeness (QED) is 0.689. The summed E-state index contributed by atoms with van der Waals surface area (Å²) in [4.78, 5) is 33.1. The van der Waals surface area contributed by atoms with Gasteiger partial charge in [0.25, 0.3) is 11.8 Å². The van der Waals surface area contributed by atoms with Crippen molar-refractivity contribution in [1.82, 2.24) is 15.2 Å².